The molecule has 2 aliphatic heterocycles. The van der Waals surface area contributed by atoms with Crippen LogP contribution in [0.3, 0.4) is 0 Å². The third-order valence-corrected chi connectivity index (χ3v) is 6.88. The second-order valence-electron chi connectivity index (χ2n) is 8.78. The highest BCUT2D eigenvalue weighted by atomic mass is 16.5. The summed E-state index contributed by atoms with van der Waals surface area (Å²) < 4.78 is 18.2. The lowest BCUT2D eigenvalue weighted by Gasteiger charge is -2.36. The van der Waals surface area contributed by atoms with Gasteiger partial charge in [0, 0.05) is 41.4 Å². The molecule has 2 aliphatic rings. The predicted molar refractivity (Wildman–Crippen MR) is 132 cm³/mol. The fraction of sp³-hybridized carbons (Fsp3) is 0.241. The zero-order valence-corrected chi connectivity index (χ0v) is 18.8. The maximum absolute atomic E-state index is 6.92. The van der Waals surface area contributed by atoms with E-state index in [1.807, 2.05) is 36.4 Å². The van der Waals surface area contributed by atoms with Gasteiger partial charge in [-0.05, 0) is 61.1 Å². The third kappa shape index (κ3) is 3.29. The topological polar surface area (TPSA) is 34.8 Å². The number of ether oxygens (including phenoxy) is 2. The second-order valence-corrected chi connectivity index (χ2v) is 8.78. The van der Waals surface area contributed by atoms with E-state index in [2.05, 4.69) is 47.4 Å². The first kappa shape index (κ1) is 20.0. The van der Waals surface area contributed by atoms with Crippen molar-refractivity contribution in [3.8, 4) is 11.5 Å². The first-order valence-electron chi connectivity index (χ1n) is 11.7. The molecular formula is C29H27NO3. The average Bonchev–Trinajstić information content (AvgIpc) is 3.44. The number of rotatable bonds is 4. The average molecular weight is 438 g/mol. The van der Waals surface area contributed by atoms with Crippen LogP contribution < -0.4 is 14.4 Å². The van der Waals surface area contributed by atoms with Gasteiger partial charge in [0.2, 0.25) is 5.60 Å². The number of anilines is 1. The molecule has 0 saturated carbocycles. The number of hydrogen-bond donors (Lipinski definition) is 0. The maximum atomic E-state index is 6.92. The van der Waals surface area contributed by atoms with Gasteiger partial charge in [-0.2, -0.15) is 0 Å². The third-order valence-electron chi connectivity index (χ3n) is 6.88. The number of piperidine rings is 1. The number of benzene rings is 3. The Kier molecular flexibility index (Phi) is 4.87. The number of fused-ring (bicyclic) bond motifs is 3. The molecule has 6 rings (SSSR count). The number of methoxy groups -OCH3 is 1. The summed E-state index contributed by atoms with van der Waals surface area (Å²) in [5, 5.41) is 2.50. The fourth-order valence-electron chi connectivity index (χ4n) is 5.17. The molecule has 0 bridgehead atoms. The highest BCUT2D eigenvalue weighted by molar-refractivity contribution is 6.02. The van der Waals surface area contributed by atoms with Crippen LogP contribution in [0.25, 0.3) is 16.8 Å². The lowest BCUT2D eigenvalue weighted by Crippen LogP contribution is -2.34. The highest BCUT2D eigenvalue weighted by Gasteiger charge is 2.40. The Hall–Kier alpha value is -3.66. The minimum absolute atomic E-state index is 0.752. The van der Waals surface area contributed by atoms with E-state index in [0.717, 1.165) is 41.5 Å². The molecule has 4 heteroatoms. The molecule has 4 nitrogen and oxygen atoms in total. The van der Waals surface area contributed by atoms with E-state index >= 15 is 0 Å². The minimum Gasteiger partial charge on any atom is -0.497 e. The van der Waals surface area contributed by atoms with Gasteiger partial charge in [0.1, 0.15) is 11.5 Å². The zero-order valence-electron chi connectivity index (χ0n) is 18.8. The van der Waals surface area contributed by atoms with Crippen molar-refractivity contribution in [2.24, 2.45) is 0 Å². The summed E-state index contributed by atoms with van der Waals surface area (Å²) in [5.74, 6) is 2.44. The molecule has 1 aromatic heterocycles. The van der Waals surface area contributed by atoms with Crippen LogP contribution in [0, 0.1) is 0 Å². The van der Waals surface area contributed by atoms with Crippen molar-refractivity contribution in [1.82, 2.24) is 0 Å². The van der Waals surface area contributed by atoms with Crippen LogP contribution in [0.15, 0.2) is 83.5 Å². The molecule has 1 atom stereocenters. The number of hydrogen-bond acceptors (Lipinski definition) is 4. The van der Waals surface area contributed by atoms with Gasteiger partial charge in [0.15, 0.2) is 5.76 Å². The molecule has 1 unspecified atom stereocenters. The number of furan rings is 1. The van der Waals surface area contributed by atoms with Crippen molar-refractivity contribution in [2.75, 3.05) is 25.1 Å². The quantitative estimate of drug-likeness (QED) is 0.352. The van der Waals surface area contributed by atoms with E-state index in [4.69, 9.17) is 13.9 Å². The molecule has 3 aromatic carbocycles. The SMILES string of the molecule is COc1ccc(C2(c3ccco3)C=Cc3c(cc(N4CCCCC4)c4ccccc34)O2)cc1. The van der Waals surface area contributed by atoms with Gasteiger partial charge in [-0.1, -0.05) is 36.4 Å². The standard InChI is InChI=1S/C29H27NO3/c1-31-22-13-11-21(12-14-22)29(28-10-7-19-32-28)16-15-25-23-8-3-4-9-24(23)26(20-27(25)33-29)30-17-5-2-6-18-30/h3-4,7-16,19-20H,2,5-6,17-18H2,1H3. The molecule has 33 heavy (non-hydrogen) atoms. The lowest BCUT2D eigenvalue weighted by molar-refractivity contribution is 0.133. The largest absolute Gasteiger partial charge is 0.497 e. The van der Waals surface area contributed by atoms with Crippen LogP contribution in [-0.2, 0) is 5.60 Å². The Morgan fingerprint density at radius 1 is 0.879 bits per heavy atom. The van der Waals surface area contributed by atoms with Crippen molar-refractivity contribution in [2.45, 2.75) is 24.9 Å². The molecule has 166 valence electrons. The van der Waals surface area contributed by atoms with Gasteiger partial charge in [0.05, 0.1) is 13.4 Å². The monoisotopic (exact) mass is 437 g/mol. The molecular weight excluding hydrogens is 410 g/mol. The van der Waals surface area contributed by atoms with E-state index < -0.39 is 5.60 Å². The van der Waals surface area contributed by atoms with Crippen LogP contribution in [0.4, 0.5) is 5.69 Å². The summed E-state index contributed by atoms with van der Waals surface area (Å²) in [4.78, 5) is 2.51. The van der Waals surface area contributed by atoms with Crippen LogP contribution in [0.2, 0.25) is 0 Å². The minimum atomic E-state index is -0.843. The van der Waals surface area contributed by atoms with Crippen molar-refractivity contribution >= 4 is 22.5 Å². The van der Waals surface area contributed by atoms with Gasteiger partial charge >= 0.3 is 0 Å². The zero-order chi connectivity index (χ0) is 22.3. The highest BCUT2D eigenvalue weighted by Crippen LogP contribution is 2.47. The first-order chi connectivity index (χ1) is 16.3. The number of nitrogens with zero attached hydrogens (tertiary/aromatic N) is 1. The molecule has 3 heterocycles. The van der Waals surface area contributed by atoms with Gasteiger partial charge in [-0.15, -0.1) is 0 Å². The van der Waals surface area contributed by atoms with E-state index in [0.29, 0.717) is 0 Å². The Bertz CT molecular complexity index is 1300. The normalized spacial score (nSPS) is 19.8. The van der Waals surface area contributed by atoms with Crippen molar-refractivity contribution in [1.29, 1.82) is 0 Å². The first-order valence-corrected chi connectivity index (χ1v) is 11.7. The Labute approximate surface area is 194 Å². The Morgan fingerprint density at radius 3 is 2.39 bits per heavy atom. The fourth-order valence-corrected chi connectivity index (χ4v) is 5.17. The van der Waals surface area contributed by atoms with E-state index in [1.54, 1.807) is 13.4 Å². The van der Waals surface area contributed by atoms with Crippen LogP contribution in [-0.4, -0.2) is 20.2 Å². The van der Waals surface area contributed by atoms with Crippen molar-refractivity contribution < 1.29 is 13.9 Å². The Morgan fingerprint density at radius 2 is 1.67 bits per heavy atom. The summed E-state index contributed by atoms with van der Waals surface area (Å²) >= 11 is 0. The molecule has 4 aromatic rings. The Balaban J connectivity index is 1.53. The molecule has 0 amide bonds. The van der Waals surface area contributed by atoms with Crippen LogP contribution in [0.5, 0.6) is 11.5 Å². The summed E-state index contributed by atoms with van der Waals surface area (Å²) in [7, 11) is 1.68. The van der Waals surface area contributed by atoms with Gasteiger partial charge < -0.3 is 18.8 Å². The molecule has 1 fully saturated rings. The molecule has 1 saturated heterocycles. The van der Waals surface area contributed by atoms with Gasteiger partial charge in [0.25, 0.3) is 0 Å². The molecule has 0 spiro atoms. The smallest absolute Gasteiger partial charge is 0.210 e. The summed E-state index contributed by atoms with van der Waals surface area (Å²) in [6, 6.07) is 22.8. The van der Waals surface area contributed by atoms with E-state index in [9.17, 15) is 0 Å². The predicted octanol–water partition coefficient (Wildman–Crippen LogP) is 6.78. The molecule has 0 radical (unpaired) electrons. The summed E-state index contributed by atoms with van der Waals surface area (Å²) in [6.45, 7) is 2.17. The molecule has 0 aliphatic carbocycles. The van der Waals surface area contributed by atoms with E-state index in [1.165, 1.54) is 35.7 Å². The van der Waals surface area contributed by atoms with Crippen molar-refractivity contribution in [3.63, 3.8) is 0 Å². The summed E-state index contributed by atoms with van der Waals surface area (Å²) in [6.07, 6.45) is 9.77. The van der Waals surface area contributed by atoms with Crippen LogP contribution >= 0.6 is 0 Å². The van der Waals surface area contributed by atoms with E-state index in [-0.39, 0.29) is 0 Å². The van der Waals surface area contributed by atoms with Gasteiger partial charge in [-0.25, -0.2) is 0 Å². The second kappa shape index (κ2) is 8.04. The van der Waals surface area contributed by atoms with Crippen LogP contribution in [0.1, 0.15) is 36.1 Å². The van der Waals surface area contributed by atoms with Gasteiger partial charge in [-0.3, -0.25) is 0 Å². The summed E-state index contributed by atoms with van der Waals surface area (Å²) in [5.41, 5.74) is 2.52. The maximum Gasteiger partial charge on any atom is 0.210 e. The lowest BCUT2D eigenvalue weighted by atomic mass is 9.86. The van der Waals surface area contributed by atoms with Crippen molar-refractivity contribution in [3.05, 3.63) is 96.0 Å². The molecule has 0 N–H and O–H groups in total.